The number of hydrogen-bond acceptors (Lipinski definition) is 7. The normalized spacial score (nSPS) is 21.0. The van der Waals surface area contributed by atoms with E-state index in [1.165, 1.54) is 0 Å². The van der Waals surface area contributed by atoms with Crippen molar-refractivity contribution >= 4 is 17.8 Å². The Hall–Kier alpha value is -1.63. The molecule has 7 nitrogen and oxygen atoms in total. The molecule has 0 amide bonds. The zero-order chi connectivity index (χ0) is 9.97. The topological polar surface area (TPSA) is 115 Å². The molecular formula is C7H13N7. The third kappa shape index (κ3) is 1.99. The first-order valence-electron chi connectivity index (χ1n) is 4.48. The maximum Gasteiger partial charge on any atom is 0.229 e. The Labute approximate surface area is 81.3 Å². The van der Waals surface area contributed by atoms with Gasteiger partial charge < -0.3 is 22.1 Å². The van der Waals surface area contributed by atoms with E-state index in [1.807, 2.05) is 0 Å². The van der Waals surface area contributed by atoms with E-state index in [0.717, 1.165) is 19.5 Å². The summed E-state index contributed by atoms with van der Waals surface area (Å²) in [6.45, 7) is 1.92. The fourth-order valence-electron chi connectivity index (χ4n) is 1.43. The maximum atomic E-state index is 5.44. The van der Waals surface area contributed by atoms with Crippen LogP contribution >= 0.6 is 0 Å². The van der Waals surface area contributed by atoms with Gasteiger partial charge in [-0.05, 0) is 13.0 Å². The van der Waals surface area contributed by atoms with Gasteiger partial charge in [0.1, 0.15) is 0 Å². The van der Waals surface area contributed by atoms with Crippen molar-refractivity contribution in [3.63, 3.8) is 0 Å². The maximum absolute atomic E-state index is 5.44. The van der Waals surface area contributed by atoms with Crippen molar-refractivity contribution < 1.29 is 0 Å². The van der Waals surface area contributed by atoms with Crippen molar-refractivity contribution in [2.75, 3.05) is 29.9 Å². The van der Waals surface area contributed by atoms with Gasteiger partial charge in [0.2, 0.25) is 17.8 Å². The molecule has 6 N–H and O–H groups in total. The van der Waals surface area contributed by atoms with Gasteiger partial charge in [0, 0.05) is 12.6 Å². The molecule has 0 spiro atoms. The minimum Gasteiger partial charge on any atom is -0.368 e. The number of nitrogens with two attached hydrogens (primary N) is 2. The molecule has 2 rings (SSSR count). The summed E-state index contributed by atoms with van der Waals surface area (Å²) in [5.41, 5.74) is 10.9. The first-order chi connectivity index (χ1) is 6.74. The number of nitrogens with zero attached hydrogens (tertiary/aromatic N) is 3. The van der Waals surface area contributed by atoms with E-state index >= 15 is 0 Å². The zero-order valence-electron chi connectivity index (χ0n) is 7.70. The number of rotatable bonds is 2. The predicted octanol–water partition coefficient (Wildman–Crippen LogP) is -1.19. The van der Waals surface area contributed by atoms with Crippen LogP contribution in [-0.4, -0.2) is 34.1 Å². The SMILES string of the molecule is Nc1nc(N)nc(NC2CCNC2)n1. The van der Waals surface area contributed by atoms with Gasteiger partial charge in [-0.3, -0.25) is 0 Å². The van der Waals surface area contributed by atoms with Crippen LogP contribution in [0, 0.1) is 0 Å². The van der Waals surface area contributed by atoms with Gasteiger partial charge in [0.05, 0.1) is 0 Å². The highest BCUT2D eigenvalue weighted by Gasteiger charge is 2.15. The molecule has 1 saturated heterocycles. The van der Waals surface area contributed by atoms with Crippen molar-refractivity contribution in [2.45, 2.75) is 12.5 Å². The monoisotopic (exact) mass is 195 g/mol. The van der Waals surface area contributed by atoms with Crippen LogP contribution < -0.4 is 22.1 Å². The molecule has 1 aromatic heterocycles. The summed E-state index contributed by atoms with van der Waals surface area (Å²) >= 11 is 0. The molecule has 1 unspecified atom stereocenters. The van der Waals surface area contributed by atoms with Crippen molar-refractivity contribution in [1.29, 1.82) is 0 Å². The number of hydrogen-bond donors (Lipinski definition) is 4. The number of nitrogens with one attached hydrogen (secondary N) is 2. The lowest BCUT2D eigenvalue weighted by Gasteiger charge is -2.10. The zero-order valence-corrected chi connectivity index (χ0v) is 7.70. The van der Waals surface area contributed by atoms with E-state index in [9.17, 15) is 0 Å². The fourth-order valence-corrected chi connectivity index (χ4v) is 1.43. The molecule has 7 heteroatoms. The average Bonchev–Trinajstić information content (AvgIpc) is 2.54. The molecule has 2 heterocycles. The third-order valence-electron chi connectivity index (χ3n) is 2.06. The van der Waals surface area contributed by atoms with Crippen LogP contribution in [0.25, 0.3) is 0 Å². The Balaban J connectivity index is 2.07. The van der Waals surface area contributed by atoms with Crippen molar-refractivity contribution in [1.82, 2.24) is 20.3 Å². The molecule has 1 atom stereocenters. The van der Waals surface area contributed by atoms with Gasteiger partial charge in [-0.2, -0.15) is 15.0 Å². The quantitative estimate of drug-likeness (QED) is 0.469. The van der Waals surface area contributed by atoms with E-state index in [0.29, 0.717) is 12.0 Å². The van der Waals surface area contributed by atoms with Gasteiger partial charge in [0.25, 0.3) is 0 Å². The largest absolute Gasteiger partial charge is 0.368 e. The summed E-state index contributed by atoms with van der Waals surface area (Å²) in [6.07, 6.45) is 1.05. The lowest BCUT2D eigenvalue weighted by Crippen LogP contribution is -2.24. The van der Waals surface area contributed by atoms with E-state index in [-0.39, 0.29) is 11.9 Å². The van der Waals surface area contributed by atoms with Crippen molar-refractivity contribution in [3.8, 4) is 0 Å². The van der Waals surface area contributed by atoms with Gasteiger partial charge in [-0.15, -0.1) is 0 Å². The summed E-state index contributed by atoms with van der Waals surface area (Å²) in [5.74, 6) is 0.737. The lowest BCUT2D eigenvalue weighted by atomic mass is 10.3. The molecule has 1 aromatic rings. The summed E-state index contributed by atoms with van der Waals surface area (Å²) in [7, 11) is 0. The highest BCUT2D eigenvalue weighted by Crippen LogP contribution is 2.08. The Bertz CT molecular complexity index is 300. The highest BCUT2D eigenvalue weighted by molar-refractivity contribution is 5.37. The van der Waals surface area contributed by atoms with Crippen LogP contribution in [0.5, 0.6) is 0 Å². The summed E-state index contributed by atoms with van der Waals surface area (Å²) in [6, 6.07) is 0.344. The first-order valence-corrected chi connectivity index (χ1v) is 4.48. The van der Waals surface area contributed by atoms with E-state index in [1.54, 1.807) is 0 Å². The molecule has 0 saturated carbocycles. The summed E-state index contributed by atoms with van der Waals surface area (Å²) in [4.78, 5) is 11.6. The Morgan fingerprint density at radius 2 is 1.93 bits per heavy atom. The number of nitrogen functional groups attached to an aromatic ring is 2. The molecule has 0 radical (unpaired) electrons. The van der Waals surface area contributed by atoms with Crippen LogP contribution in [0.2, 0.25) is 0 Å². The summed E-state index contributed by atoms with van der Waals surface area (Å²) < 4.78 is 0. The molecule has 1 aliphatic rings. The van der Waals surface area contributed by atoms with Crippen LogP contribution in [0.1, 0.15) is 6.42 Å². The average molecular weight is 195 g/mol. The smallest absolute Gasteiger partial charge is 0.229 e. The Morgan fingerprint density at radius 3 is 2.50 bits per heavy atom. The van der Waals surface area contributed by atoms with Gasteiger partial charge >= 0.3 is 0 Å². The number of anilines is 3. The molecule has 1 fully saturated rings. The Morgan fingerprint density at radius 1 is 1.21 bits per heavy atom. The predicted molar refractivity (Wildman–Crippen MR) is 53.5 cm³/mol. The second-order valence-electron chi connectivity index (χ2n) is 3.21. The van der Waals surface area contributed by atoms with Gasteiger partial charge in [-0.25, -0.2) is 0 Å². The highest BCUT2D eigenvalue weighted by atomic mass is 15.2. The second kappa shape index (κ2) is 3.62. The van der Waals surface area contributed by atoms with Crippen LogP contribution in [0.15, 0.2) is 0 Å². The minimum absolute atomic E-state index is 0.144. The molecule has 1 aliphatic heterocycles. The van der Waals surface area contributed by atoms with Gasteiger partial charge in [-0.1, -0.05) is 0 Å². The van der Waals surface area contributed by atoms with Crippen LogP contribution in [0.3, 0.4) is 0 Å². The first kappa shape index (κ1) is 8.95. The standard InChI is InChI=1S/C7H13N7/c8-5-12-6(9)14-7(13-5)11-4-1-2-10-3-4/h4,10H,1-3H2,(H5,8,9,11,12,13,14). The van der Waals surface area contributed by atoms with Crippen LogP contribution in [-0.2, 0) is 0 Å². The van der Waals surface area contributed by atoms with E-state index < -0.39 is 0 Å². The molecule has 76 valence electrons. The second-order valence-corrected chi connectivity index (χ2v) is 3.21. The molecule has 0 aromatic carbocycles. The fraction of sp³-hybridized carbons (Fsp3) is 0.571. The van der Waals surface area contributed by atoms with E-state index in [2.05, 4.69) is 25.6 Å². The Kier molecular flexibility index (Phi) is 2.32. The number of aromatic nitrogens is 3. The summed E-state index contributed by atoms with van der Waals surface area (Å²) in [5, 5.41) is 6.36. The molecule has 0 aliphatic carbocycles. The van der Waals surface area contributed by atoms with Crippen molar-refractivity contribution in [3.05, 3.63) is 0 Å². The van der Waals surface area contributed by atoms with Gasteiger partial charge in [0.15, 0.2) is 0 Å². The molecule has 14 heavy (non-hydrogen) atoms. The van der Waals surface area contributed by atoms with Crippen molar-refractivity contribution in [2.24, 2.45) is 0 Å². The molecular weight excluding hydrogens is 182 g/mol. The van der Waals surface area contributed by atoms with E-state index in [4.69, 9.17) is 11.5 Å². The third-order valence-corrected chi connectivity index (χ3v) is 2.06. The molecule has 0 bridgehead atoms. The minimum atomic E-state index is 0.144. The van der Waals surface area contributed by atoms with Crippen LogP contribution in [0.4, 0.5) is 17.8 Å². The lowest BCUT2D eigenvalue weighted by molar-refractivity contribution is 0.779.